The number of nitrogens with zero attached hydrogens (tertiary/aromatic N) is 3. The zero-order valence-corrected chi connectivity index (χ0v) is 15.1. The Kier molecular flexibility index (Phi) is 5.09. The number of benzene rings is 1. The third kappa shape index (κ3) is 4.18. The van der Waals surface area contributed by atoms with Crippen LogP contribution >= 0.6 is 11.8 Å². The van der Waals surface area contributed by atoms with E-state index in [1.54, 1.807) is 29.8 Å². The maximum absolute atomic E-state index is 13.9. The normalized spacial score (nSPS) is 19.0. The Morgan fingerprint density at radius 1 is 1.40 bits per heavy atom. The van der Waals surface area contributed by atoms with Crippen LogP contribution in [0.1, 0.15) is 6.42 Å². The number of halogens is 1. The highest BCUT2D eigenvalue weighted by molar-refractivity contribution is 7.99. The second-order valence-corrected chi connectivity index (χ2v) is 8.97. The van der Waals surface area contributed by atoms with E-state index in [-0.39, 0.29) is 29.2 Å². The molecule has 1 N–H and O–H groups in total. The van der Waals surface area contributed by atoms with Crippen LogP contribution in [0.25, 0.3) is 11.4 Å². The van der Waals surface area contributed by atoms with E-state index in [2.05, 4.69) is 15.5 Å². The summed E-state index contributed by atoms with van der Waals surface area (Å²) in [5, 5.41) is 11.2. The van der Waals surface area contributed by atoms with Crippen LogP contribution in [0.5, 0.6) is 0 Å². The molecule has 1 amide bonds. The van der Waals surface area contributed by atoms with Gasteiger partial charge in [0.1, 0.15) is 5.82 Å². The molecule has 1 aromatic carbocycles. The molecular weight excluding hydrogens is 367 g/mol. The third-order valence-electron chi connectivity index (χ3n) is 3.88. The number of nitrogens with one attached hydrogen (secondary N) is 1. The molecule has 0 bridgehead atoms. The molecular formula is C15H17FN4O3S2. The Morgan fingerprint density at radius 3 is 2.84 bits per heavy atom. The Balaban J connectivity index is 1.61. The van der Waals surface area contributed by atoms with Crippen LogP contribution in [0, 0.1) is 5.82 Å². The van der Waals surface area contributed by atoms with Crippen molar-refractivity contribution in [2.75, 3.05) is 17.3 Å². The second kappa shape index (κ2) is 7.12. The van der Waals surface area contributed by atoms with Crippen LogP contribution in [-0.4, -0.2) is 52.4 Å². The largest absolute Gasteiger partial charge is 0.352 e. The second-order valence-electron chi connectivity index (χ2n) is 5.80. The van der Waals surface area contributed by atoms with Crippen LogP contribution in [0.2, 0.25) is 0 Å². The van der Waals surface area contributed by atoms with Crippen LogP contribution in [0.15, 0.2) is 29.4 Å². The lowest BCUT2D eigenvalue weighted by Crippen LogP contribution is -2.36. The first-order chi connectivity index (χ1) is 11.9. The van der Waals surface area contributed by atoms with Gasteiger partial charge in [0, 0.05) is 13.1 Å². The summed E-state index contributed by atoms with van der Waals surface area (Å²) in [4.78, 5) is 12.0. The van der Waals surface area contributed by atoms with E-state index >= 15 is 0 Å². The van der Waals surface area contributed by atoms with Gasteiger partial charge in [-0.25, -0.2) is 12.8 Å². The van der Waals surface area contributed by atoms with Crippen molar-refractivity contribution in [1.82, 2.24) is 20.1 Å². The number of sulfone groups is 1. The standard InChI is InChI=1S/C15H17FN4O3S2/c1-20-14(11-4-2-3-5-12(11)16)18-19-15(20)24-8-13(21)17-10-6-7-25(22,23)9-10/h2-5,10H,6-9H2,1H3,(H,17,21)/t10-/m0/s1. The maximum Gasteiger partial charge on any atom is 0.230 e. The number of thioether (sulfide) groups is 1. The molecule has 3 rings (SSSR count). The fraction of sp³-hybridized carbons (Fsp3) is 0.400. The maximum atomic E-state index is 13.9. The van der Waals surface area contributed by atoms with Crippen molar-refractivity contribution in [3.63, 3.8) is 0 Å². The van der Waals surface area contributed by atoms with Gasteiger partial charge in [-0.2, -0.15) is 0 Å². The molecule has 1 atom stereocenters. The number of aromatic nitrogens is 3. The SMILES string of the molecule is Cn1c(SCC(=O)N[C@H]2CCS(=O)(=O)C2)nnc1-c1ccccc1F. The summed E-state index contributed by atoms with van der Waals surface area (Å²) >= 11 is 1.17. The molecule has 2 aromatic rings. The molecule has 1 saturated heterocycles. The molecule has 0 radical (unpaired) electrons. The fourth-order valence-electron chi connectivity index (χ4n) is 2.63. The summed E-state index contributed by atoms with van der Waals surface area (Å²) in [5.74, 6) is -0.0921. The van der Waals surface area contributed by atoms with Crippen LogP contribution in [0.3, 0.4) is 0 Å². The Morgan fingerprint density at radius 2 is 2.16 bits per heavy atom. The van der Waals surface area contributed by atoms with Gasteiger partial charge in [0.05, 0.1) is 22.8 Å². The summed E-state index contributed by atoms with van der Waals surface area (Å²) in [5.41, 5.74) is 0.338. The minimum absolute atomic E-state index is 0.00913. The molecule has 2 heterocycles. The molecule has 10 heteroatoms. The molecule has 1 aromatic heterocycles. The molecule has 134 valence electrons. The van der Waals surface area contributed by atoms with E-state index in [0.717, 1.165) is 0 Å². The number of carbonyl (C=O) groups is 1. The average molecular weight is 384 g/mol. The van der Waals surface area contributed by atoms with Gasteiger partial charge in [-0.05, 0) is 18.6 Å². The third-order valence-corrected chi connectivity index (χ3v) is 6.67. The Bertz CT molecular complexity index is 898. The van der Waals surface area contributed by atoms with Gasteiger partial charge < -0.3 is 9.88 Å². The van der Waals surface area contributed by atoms with Crippen molar-refractivity contribution in [3.8, 4) is 11.4 Å². The number of hydrogen-bond acceptors (Lipinski definition) is 6. The van der Waals surface area contributed by atoms with E-state index in [0.29, 0.717) is 23.0 Å². The quantitative estimate of drug-likeness (QED) is 0.774. The van der Waals surface area contributed by atoms with Crippen LogP contribution < -0.4 is 5.32 Å². The average Bonchev–Trinajstić information content (AvgIpc) is 3.08. The number of rotatable bonds is 5. The number of amides is 1. The first-order valence-corrected chi connectivity index (χ1v) is 10.4. The van der Waals surface area contributed by atoms with Crippen molar-refractivity contribution < 1.29 is 17.6 Å². The molecule has 0 aliphatic carbocycles. The van der Waals surface area contributed by atoms with Crippen molar-refractivity contribution in [3.05, 3.63) is 30.1 Å². The van der Waals surface area contributed by atoms with Gasteiger partial charge in [-0.15, -0.1) is 10.2 Å². The van der Waals surface area contributed by atoms with E-state index < -0.39 is 15.7 Å². The highest BCUT2D eigenvalue weighted by Gasteiger charge is 2.29. The monoisotopic (exact) mass is 384 g/mol. The molecule has 25 heavy (non-hydrogen) atoms. The zero-order valence-electron chi connectivity index (χ0n) is 13.5. The first kappa shape index (κ1) is 17.9. The lowest BCUT2D eigenvalue weighted by molar-refractivity contribution is -0.119. The molecule has 1 aliphatic heterocycles. The fourth-order valence-corrected chi connectivity index (χ4v) is 5.02. The highest BCUT2D eigenvalue weighted by atomic mass is 32.2. The topological polar surface area (TPSA) is 94.0 Å². The van der Waals surface area contributed by atoms with Crippen molar-refractivity contribution in [2.45, 2.75) is 17.6 Å². The van der Waals surface area contributed by atoms with Gasteiger partial charge in [0.15, 0.2) is 20.8 Å². The van der Waals surface area contributed by atoms with Crippen LogP contribution in [-0.2, 0) is 21.7 Å². The molecule has 0 saturated carbocycles. The molecule has 0 unspecified atom stereocenters. The van der Waals surface area contributed by atoms with Crippen molar-refractivity contribution >= 4 is 27.5 Å². The van der Waals surface area contributed by atoms with E-state index in [1.165, 1.54) is 17.8 Å². The summed E-state index contributed by atoms with van der Waals surface area (Å²) in [6, 6.07) is 5.94. The lowest BCUT2D eigenvalue weighted by atomic mass is 10.2. The van der Waals surface area contributed by atoms with Gasteiger partial charge >= 0.3 is 0 Å². The predicted molar refractivity (Wildman–Crippen MR) is 92.3 cm³/mol. The molecule has 7 nitrogen and oxygen atoms in total. The highest BCUT2D eigenvalue weighted by Crippen LogP contribution is 2.24. The predicted octanol–water partition coefficient (Wildman–Crippen LogP) is 1.02. The molecule has 1 aliphatic rings. The minimum Gasteiger partial charge on any atom is -0.352 e. The molecule has 0 spiro atoms. The van der Waals surface area contributed by atoms with E-state index in [4.69, 9.17) is 0 Å². The summed E-state index contributed by atoms with van der Waals surface area (Å²) in [7, 11) is -1.33. The minimum atomic E-state index is -3.03. The zero-order chi connectivity index (χ0) is 18.0. The van der Waals surface area contributed by atoms with Gasteiger partial charge in [-0.1, -0.05) is 23.9 Å². The Hall–Kier alpha value is -1.94. The molecule has 1 fully saturated rings. The summed E-state index contributed by atoms with van der Waals surface area (Å²) < 4.78 is 38.3. The lowest BCUT2D eigenvalue weighted by Gasteiger charge is -2.10. The summed E-state index contributed by atoms with van der Waals surface area (Å²) in [6.45, 7) is 0. The van der Waals surface area contributed by atoms with Crippen LogP contribution in [0.4, 0.5) is 4.39 Å². The Labute approximate surface area is 148 Å². The van der Waals surface area contributed by atoms with Crippen molar-refractivity contribution in [2.24, 2.45) is 7.05 Å². The van der Waals surface area contributed by atoms with Crippen molar-refractivity contribution in [1.29, 1.82) is 0 Å². The number of hydrogen-bond donors (Lipinski definition) is 1. The van der Waals surface area contributed by atoms with Gasteiger partial charge in [-0.3, -0.25) is 4.79 Å². The van der Waals surface area contributed by atoms with E-state index in [9.17, 15) is 17.6 Å². The van der Waals surface area contributed by atoms with Gasteiger partial charge in [0.25, 0.3) is 0 Å². The van der Waals surface area contributed by atoms with E-state index in [1.807, 2.05) is 0 Å². The number of carbonyl (C=O) groups excluding carboxylic acids is 1. The van der Waals surface area contributed by atoms with Gasteiger partial charge in [0.2, 0.25) is 5.91 Å². The smallest absolute Gasteiger partial charge is 0.230 e. The first-order valence-electron chi connectivity index (χ1n) is 7.62. The summed E-state index contributed by atoms with van der Waals surface area (Å²) in [6.07, 6.45) is 0.445.